The minimum Gasteiger partial charge on any atom is -0.495 e. The second kappa shape index (κ2) is 8.14. The molecule has 0 radical (unpaired) electrons. The van der Waals surface area contributed by atoms with E-state index < -0.39 is 0 Å². The minimum atomic E-state index is -0.329. The quantitative estimate of drug-likeness (QED) is 0.736. The number of hydrogen-bond acceptors (Lipinski definition) is 4. The standard InChI is InChI=1S/C23H21N3O3/c1-29-21-11-5-3-9-18(21)25-22(27)17-12-13-24-19(15-17)23(28)26-14-6-8-16-7-2-4-10-20(16)26/h2-5,7,9-13,15H,6,8,14H2,1H3,(H,25,27). The molecule has 0 aliphatic carbocycles. The molecule has 29 heavy (non-hydrogen) atoms. The van der Waals surface area contributed by atoms with Gasteiger partial charge in [0.15, 0.2) is 0 Å². The number of nitrogens with one attached hydrogen (secondary N) is 1. The zero-order valence-corrected chi connectivity index (χ0v) is 16.1. The maximum absolute atomic E-state index is 13.1. The summed E-state index contributed by atoms with van der Waals surface area (Å²) in [6, 6.07) is 18.2. The Balaban J connectivity index is 1.58. The first-order valence-electron chi connectivity index (χ1n) is 9.47. The van der Waals surface area contributed by atoms with Crippen LogP contribution in [0.2, 0.25) is 0 Å². The lowest BCUT2D eigenvalue weighted by Crippen LogP contribution is -2.36. The van der Waals surface area contributed by atoms with Crippen LogP contribution in [0.3, 0.4) is 0 Å². The van der Waals surface area contributed by atoms with Gasteiger partial charge in [-0.05, 0) is 48.7 Å². The molecule has 2 heterocycles. The number of fused-ring (bicyclic) bond motifs is 1. The van der Waals surface area contributed by atoms with Crippen LogP contribution >= 0.6 is 0 Å². The van der Waals surface area contributed by atoms with E-state index in [0.717, 1.165) is 24.1 Å². The Kier molecular flexibility index (Phi) is 5.24. The molecule has 2 aromatic carbocycles. The highest BCUT2D eigenvalue weighted by atomic mass is 16.5. The van der Waals surface area contributed by atoms with E-state index >= 15 is 0 Å². The number of nitrogens with zero attached hydrogens (tertiary/aromatic N) is 2. The highest BCUT2D eigenvalue weighted by molar-refractivity contribution is 6.09. The normalized spacial score (nSPS) is 12.8. The summed E-state index contributed by atoms with van der Waals surface area (Å²) >= 11 is 0. The number of aromatic nitrogens is 1. The van der Waals surface area contributed by atoms with Crippen LogP contribution in [0.5, 0.6) is 5.75 Å². The van der Waals surface area contributed by atoms with Gasteiger partial charge in [-0.3, -0.25) is 14.6 Å². The molecule has 6 heteroatoms. The Morgan fingerprint density at radius 2 is 1.86 bits per heavy atom. The molecule has 0 saturated heterocycles. The molecule has 1 aliphatic heterocycles. The van der Waals surface area contributed by atoms with Crippen LogP contribution in [0.4, 0.5) is 11.4 Å². The lowest BCUT2D eigenvalue weighted by Gasteiger charge is -2.29. The molecular formula is C23H21N3O3. The number of carbonyl (C=O) groups excluding carboxylic acids is 2. The van der Waals surface area contributed by atoms with Crippen LogP contribution in [0.25, 0.3) is 0 Å². The molecule has 1 aromatic heterocycles. The van der Waals surface area contributed by atoms with Crippen molar-refractivity contribution in [3.05, 3.63) is 83.7 Å². The second-order valence-electron chi connectivity index (χ2n) is 6.77. The molecule has 4 rings (SSSR count). The SMILES string of the molecule is COc1ccccc1NC(=O)c1ccnc(C(=O)N2CCCc3ccccc32)c1. The fourth-order valence-electron chi connectivity index (χ4n) is 3.51. The number of aryl methyl sites for hydroxylation is 1. The van der Waals surface area contributed by atoms with Crippen LogP contribution in [-0.4, -0.2) is 30.5 Å². The van der Waals surface area contributed by atoms with Gasteiger partial charge in [-0.15, -0.1) is 0 Å². The highest BCUT2D eigenvalue weighted by Gasteiger charge is 2.24. The van der Waals surface area contributed by atoms with Crippen molar-refractivity contribution in [1.29, 1.82) is 0 Å². The molecule has 0 spiro atoms. The number of hydrogen-bond donors (Lipinski definition) is 1. The van der Waals surface area contributed by atoms with Crippen molar-refractivity contribution in [2.75, 3.05) is 23.9 Å². The Hall–Kier alpha value is -3.67. The molecule has 0 unspecified atom stereocenters. The lowest BCUT2D eigenvalue weighted by atomic mass is 10.0. The predicted octanol–water partition coefficient (Wildman–Crippen LogP) is 3.94. The second-order valence-corrected chi connectivity index (χ2v) is 6.77. The topological polar surface area (TPSA) is 71.5 Å². The molecule has 0 atom stereocenters. The fourth-order valence-corrected chi connectivity index (χ4v) is 3.51. The van der Waals surface area contributed by atoms with Gasteiger partial charge in [-0.25, -0.2) is 0 Å². The van der Waals surface area contributed by atoms with Crippen molar-refractivity contribution in [2.45, 2.75) is 12.8 Å². The number of para-hydroxylation sites is 3. The van der Waals surface area contributed by atoms with Gasteiger partial charge in [0.25, 0.3) is 11.8 Å². The third kappa shape index (κ3) is 3.82. The molecule has 1 N–H and O–H groups in total. The van der Waals surface area contributed by atoms with E-state index in [2.05, 4.69) is 10.3 Å². The van der Waals surface area contributed by atoms with Crippen LogP contribution < -0.4 is 15.0 Å². The number of methoxy groups -OCH3 is 1. The van der Waals surface area contributed by atoms with E-state index in [4.69, 9.17) is 4.74 Å². The molecule has 3 aromatic rings. The predicted molar refractivity (Wildman–Crippen MR) is 112 cm³/mol. The van der Waals surface area contributed by atoms with E-state index in [0.29, 0.717) is 23.5 Å². The zero-order chi connectivity index (χ0) is 20.2. The van der Waals surface area contributed by atoms with Crippen molar-refractivity contribution in [2.24, 2.45) is 0 Å². The zero-order valence-electron chi connectivity index (χ0n) is 16.1. The van der Waals surface area contributed by atoms with Crippen LogP contribution in [-0.2, 0) is 6.42 Å². The van der Waals surface area contributed by atoms with Crippen LogP contribution in [0, 0.1) is 0 Å². The first kappa shape index (κ1) is 18.7. The van der Waals surface area contributed by atoms with Crippen molar-refractivity contribution < 1.29 is 14.3 Å². The fraction of sp³-hybridized carbons (Fsp3) is 0.174. The molecule has 146 valence electrons. The third-order valence-corrected chi connectivity index (χ3v) is 4.95. The minimum absolute atomic E-state index is 0.205. The summed E-state index contributed by atoms with van der Waals surface area (Å²) in [5.74, 6) is 0.0326. The van der Waals surface area contributed by atoms with Crippen molar-refractivity contribution in [3.63, 3.8) is 0 Å². The molecule has 0 saturated carbocycles. The van der Waals surface area contributed by atoms with Gasteiger partial charge in [0, 0.05) is 24.0 Å². The van der Waals surface area contributed by atoms with Gasteiger partial charge >= 0.3 is 0 Å². The average Bonchev–Trinajstić information content (AvgIpc) is 2.78. The Morgan fingerprint density at radius 3 is 2.72 bits per heavy atom. The maximum atomic E-state index is 13.1. The van der Waals surface area contributed by atoms with Gasteiger partial charge in [0.2, 0.25) is 0 Å². The molecule has 1 aliphatic rings. The summed E-state index contributed by atoms with van der Waals surface area (Å²) in [7, 11) is 1.55. The number of ether oxygens (including phenoxy) is 1. The number of anilines is 2. The van der Waals surface area contributed by atoms with Crippen molar-refractivity contribution >= 4 is 23.2 Å². The first-order valence-corrected chi connectivity index (χ1v) is 9.47. The first-order chi connectivity index (χ1) is 14.2. The lowest BCUT2D eigenvalue weighted by molar-refractivity contribution is 0.0980. The molecule has 0 bridgehead atoms. The number of amides is 2. The molecule has 0 fully saturated rings. The summed E-state index contributed by atoms with van der Waals surface area (Å²) in [6.45, 7) is 0.634. The van der Waals surface area contributed by atoms with E-state index in [1.807, 2.05) is 36.4 Å². The van der Waals surface area contributed by atoms with Gasteiger partial charge in [0.05, 0.1) is 12.8 Å². The average molecular weight is 387 g/mol. The van der Waals surface area contributed by atoms with Gasteiger partial charge in [-0.1, -0.05) is 30.3 Å². The summed E-state index contributed by atoms with van der Waals surface area (Å²) in [5, 5.41) is 2.82. The summed E-state index contributed by atoms with van der Waals surface area (Å²) in [4.78, 5) is 31.8. The van der Waals surface area contributed by atoms with E-state index in [9.17, 15) is 9.59 Å². The monoisotopic (exact) mass is 387 g/mol. The number of carbonyl (C=O) groups is 2. The van der Waals surface area contributed by atoms with E-state index in [-0.39, 0.29) is 17.5 Å². The number of rotatable bonds is 4. The number of benzene rings is 2. The molecule has 6 nitrogen and oxygen atoms in total. The van der Waals surface area contributed by atoms with Crippen LogP contribution in [0.15, 0.2) is 66.9 Å². The Labute approximate surface area is 169 Å². The molecule has 2 amide bonds. The highest BCUT2D eigenvalue weighted by Crippen LogP contribution is 2.28. The number of pyridine rings is 1. The Bertz CT molecular complexity index is 1060. The molecular weight excluding hydrogens is 366 g/mol. The smallest absolute Gasteiger partial charge is 0.276 e. The maximum Gasteiger partial charge on any atom is 0.276 e. The van der Waals surface area contributed by atoms with Gasteiger partial charge < -0.3 is 15.0 Å². The van der Waals surface area contributed by atoms with Gasteiger partial charge in [0.1, 0.15) is 11.4 Å². The summed E-state index contributed by atoms with van der Waals surface area (Å²) < 4.78 is 5.27. The third-order valence-electron chi connectivity index (χ3n) is 4.95. The Morgan fingerprint density at radius 1 is 1.07 bits per heavy atom. The van der Waals surface area contributed by atoms with Crippen molar-refractivity contribution in [3.8, 4) is 5.75 Å². The van der Waals surface area contributed by atoms with E-state index in [1.165, 1.54) is 12.3 Å². The van der Waals surface area contributed by atoms with E-state index in [1.54, 1.807) is 30.2 Å². The van der Waals surface area contributed by atoms with Crippen molar-refractivity contribution in [1.82, 2.24) is 4.98 Å². The summed E-state index contributed by atoms with van der Waals surface area (Å²) in [6.07, 6.45) is 3.34. The van der Waals surface area contributed by atoms with Crippen LogP contribution in [0.1, 0.15) is 32.8 Å². The van der Waals surface area contributed by atoms with Gasteiger partial charge in [-0.2, -0.15) is 0 Å². The largest absolute Gasteiger partial charge is 0.495 e. The summed E-state index contributed by atoms with van der Waals surface area (Å²) in [5.41, 5.74) is 3.23.